The van der Waals surface area contributed by atoms with Gasteiger partial charge in [-0.15, -0.1) is 11.3 Å². The lowest BCUT2D eigenvalue weighted by atomic mass is 10.2. The smallest absolute Gasteiger partial charge is 0.221 e. The van der Waals surface area contributed by atoms with E-state index in [9.17, 15) is 0 Å². The molecule has 5 nitrogen and oxygen atoms in total. The highest BCUT2D eigenvalue weighted by atomic mass is 32.1. The molecule has 0 radical (unpaired) electrons. The Morgan fingerprint density at radius 2 is 2.29 bits per heavy atom. The second-order valence-electron chi connectivity index (χ2n) is 3.74. The summed E-state index contributed by atoms with van der Waals surface area (Å²) in [5, 5.41) is 6.39. The van der Waals surface area contributed by atoms with Crippen molar-refractivity contribution in [2.24, 2.45) is 0 Å². The fourth-order valence-electron chi connectivity index (χ4n) is 1.51. The number of aromatic nitrogens is 3. The van der Waals surface area contributed by atoms with Crippen molar-refractivity contribution in [3.05, 3.63) is 28.3 Å². The first-order valence-electron chi connectivity index (χ1n) is 5.45. The Bertz CT molecular complexity index is 483. The van der Waals surface area contributed by atoms with Gasteiger partial charge >= 0.3 is 0 Å². The van der Waals surface area contributed by atoms with Crippen LogP contribution in [0.3, 0.4) is 0 Å². The van der Waals surface area contributed by atoms with Crippen molar-refractivity contribution >= 4 is 23.1 Å². The quantitative estimate of drug-likeness (QED) is 0.870. The van der Waals surface area contributed by atoms with Gasteiger partial charge in [-0.3, -0.25) is 0 Å². The number of hydrogen-bond acceptors (Lipinski definition) is 6. The number of rotatable bonds is 4. The average molecular weight is 249 g/mol. The number of nitrogens with one attached hydrogen (secondary N) is 1. The maximum Gasteiger partial charge on any atom is 0.221 e. The van der Waals surface area contributed by atoms with Crippen LogP contribution in [0.1, 0.15) is 30.0 Å². The molecule has 90 valence electrons. The summed E-state index contributed by atoms with van der Waals surface area (Å²) in [6, 6.07) is 0.169. The summed E-state index contributed by atoms with van der Waals surface area (Å²) < 4.78 is 0. The number of thiazole rings is 1. The number of nitrogen functional groups attached to an aromatic ring is 1. The molecule has 0 bridgehead atoms. The summed E-state index contributed by atoms with van der Waals surface area (Å²) in [5.74, 6) is 1.06. The van der Waals surface area contributed by atoms with E-state index in [1.807, 2.05) is 18.5 Å². The zero-order valence-electron chi connectivity index (χ0n) is 9.84. The largest absolute Gasteiger partial charge is 0.368 e. The average Bonchev–Trinajstić information content (AvgIpc) is 2.84. The molecule has 0 spiro atoms. The summed E-state index contributed by atoms with van der Waals surface area (Å²) in [4.78, 5) is 12.5. The molecular weight excluding hydrogens is 234 g/mol. The van der Waals surface area contributed by atoms with Gasteiger partial charge in [0.1, 0.15) is 10.8 Å². The Morgan fingerprint density at radius 3 is 2.94 bits per heavy atom. The summed E-state index contributed by atoms with van der Waals surface area (Å²) in [6.45, 7) is 4.06. The highest BCUT2D eigenvalue weighted by Crippen LogP contribution is 2.24. The van der Waals surface area contributed by atoms with Crippen LogP contribution >= 0.6 is 11.3 Å². The Balaban J connectivity index is 2.21. The molecule has 0 aliphatic heterocycles. The molecule has 0 aliphatic carbocycles. The van der Waals surface area contributed by atoms with Crippen LogP contribution < -0.4 is 11.1 Å². The van der Waals surface area contributed by atoms with Crippen LogP contribution in [0.25, 0.3) is 0 Å². The van der Waals surface area contributed by atoms with Gasteiger partial charge in [0.05, 0.1) is 6.04 Å². The molecule has 0 saturated carbocycles. The second kappa shape index (κ2) is 5.09. The van der Waals surface area contributed by atoms with E-state index in [0.29, 0.717) is 0 Å². The molecule has 1 atom stereocenters. The lowest BCUT2D eigenvalue weighted by Gasteiger charge is -2.16. The van der Waals surface area contributed by atoms with Crippen LogP contribution in [-0.2, 0) is 0 Å². The molecule has 2 heterocycles. The molecule has 0 fully saturated rings. The fraction of sp³-hybridized carbons (Fsp3) is 0.364. The monoisotopic (exact) mass is 249 g/mol. The van der Waals surface area contributed by atoms with E-state index in [1.165, 1.54) is 0 Å². The number of aryl methyl sites for hydroxylation is 1. The van der Waals surface area contributed by atoms with Gasteiger partial charge in [-0.2, -0.15) is 4.98 Å². The first-order valence-corrected chi connectivity index (χ1v) is 6.33. The van der Waals surface area contributed by atoms with Gasteiger partial charge in [-0.1, -0.05) is 6.92 Å². The Hall–Kier alpha value is -1.69. The van der Waals surface area contributed by atoms with Crippen molar-refractivity contribution in [3.8, 4) is 0 Å². The molecular formula is C11H15N5S. The minimum Gasteiger partial charge on any atom is -0.368 e. The standard InChI is InChI=1S/C11H15N5S/c1-3-8(10-13-4-5-17-10)15-9-7(2)6-14-11(12)16-9/h4-6,8H,3H2,1-2H3,(H3,12,14,15,16). The van der Waals surface area contributed by atoms with Gasteiger partial charge < -0.3 is 11.1 Å². The zero-order chi connectivity index (χ0) is 12.3. The van der Waals surface area contributed by atoms with Gasteiger partial charge in [0, 0.05) is 23.3 Å². The van der Waals surface area contributed by atoms with E-state index in [4.69, 9.17) is 5.73 Å². The lowest BCUT2D eigenvalue weighted by Crippen LogP contribution is -2.12. The zero-order valence-corrected chi connectivity index (χ0v) is 10.7. The summed E-state index contributed by atoms with van der Waals surface area (Å²) in [7, 11) is 0. The van der Waals surface area contributed by atoms with Gasteiger partial charge in [0.25, 0.3) is 0 Å². The van der Waals surface area contributed by atoms with Gasteiger partial charge in [0.2, 0.25) is 5.95 Å². The summed E-state index contributed by atoms with van der Waals surface area (Å²) in [6.07, 6.45) is 4.47. The van der Waals surface area contributed by atoms with Crippen molar-refractivity contribution < 1.29 is 0 Å². The van der Waals surface area contributed by atoms with E-state index < -0.39 is 0 Å². The molecule has 2 aromatic heterocycles. The van der Waals surface area contributed by atoms with Crippen molar-refractivity contribution in [3.63, 3.8) is 0 Å². The first-order chi connectivity index (χ1) is 8.20. The third-order valence-electron chi connectivity index (χ3n) is 2.46. The van der Waals surface area contributed by atoms with Crippen LogP contribution in [0.4, 0.5) is 11.8 Å². The Kier molecular flexibility index (Phi) is 3.53. The van der Waals surface area contributed by atoms with Crippen molar-refractivity contribution in [1.29, 1.82) is 0 Å². The third kappa shape index (κ3) is 2.71. The number of nitrogens with two attached hydrogens (primary N) is 1. The molecule has 2 aromatic rings. The molecule has 2 rings (SSSR count). The van der Waals surface area contributed by atoms with Crippen molar-refractivity contribution in [1.82, 2.24) is 15.0 Å². The van der Waals surface area contributed by atoms with Crippen LogP contribution in [0, 0.1) is 6.92 Å². The molecule has 3 N–H and O–H groups in total. The maximum atomic E-state index is 5.59. The molecule has 1 unspecified atom stereocenters. The lowest BCUT2D eigenvalue weighted by molar-refractivity contribution is 0.736. The molecule has 0 aromatic carbocycles. The van der Waals surface area contributed by atoms with Crippen LogP contribution in [-0.4, -0.2) is 15.0 Å². The predicted molar refractivity (Wildman–Crippen MR) is 70.0 cm³/mol. The predicted octanol–water partition coefficient (Wildman–Crippen LogP) is 2.39. The number of nitrogens with zero attached hydrogens (tertiary/aromatic N) is 3. The first kappa shape index (κ1) is 11.8. The van der Waals surface area contributed by atoms with E-state index in [1.54, 1.807) is 17.5 Å². The summed E-state index contributed by atoms with van der Waals surface area (Å²) in [5.41, 5.74) is 6.57. The normalized spacial score (nSPS) is 12.4. The Morgan fingerprint density at radius 1 is 1.47 bits per heavy atom. The fourth-order valence-corrected chi connectivity index (χ4v) is 2.28. The van der Waals surface area contributed by atoms with E-state index in [-0.39, 0.29) is 12.0 Å². The van der Waals surface area contributed by atoms with Gasteiger partial charge in [-0.05, 0) is 13.3 Å². The van der Waals surface area contributed by atoms with Crippen LogP contribution in [0.5, 0.6) is 0 Å². The van der Waals surface area contributed by atoms with Crippen molar-refractivity contribution in [2.45, 2.75) is 26.3 Å². The molecule has 0 amide bonds. The minimum atomic E-state index is 0.169. The number of anilines is 2. The van der Waals surface area contributed by atoms with Gasteiger partial charge in [0.15, 0.2) is 0 Å². The highest BCUT2D eigenvalue weighted by molar-refractivity contribution is 7.09. The van der Waals surface area contributed by atoms with E-state index >= 15 is 0 Å². The Labute approximate surface area is 104 Å². The molecule has 0 aliphatic rings. The minimum absolute atomic E-state index is 0.169. The third-order valence-corrected chi connectivity index (χ3v) is 3.35. The molecule has 6 heteroatoms. The van der Waals surface area contributed by atoms with Crippen molar-refractivity contribution in [2.75, 3.05) is 11.1 Å². The SMILES string of the molecule is CCC(Nc1nc(N)ncc1C)c1nccs1. The number of hydrogen-bond donors (Lipinski definition) is 2. The van der Waals surface area contributed by atoms with Crippen LogP contribution in [0.2, 0.25) is 0 Å². The highest BCUT2D eigenvalue weighted by Gasteiger charge is 2.13. The van der Waals surface area contributed by atoms with E-state index in [0.717, 1.165) is 22.8 Å². The van der Waals surface area contributed by atoms with Crippen LogP contribution in [0.15, 0.2) is 17.8 Å². The molecule has 0 saturated heterocycles. The molecule has 17 heavy (non-hydrogen) atoms. The van der Waals surface area contributed by atoms with E-state index in [2.05, 4.69) is 27.2 Å². The van der Waals surface area contributed by atoms with Gasteiger partial charge in [-0.25, -0.2) is 9.97 Å². The maximum absolute atomic E-state index is 5.59. The second-order valence-corrected chi connectivity index (χ2v) is 4.66. The summed E-state index contributed by atoms with van der Waals surface area (Å²) >= 11 is 1.64. The topological polar surface area (TPSA) is 76.7 Å².